The van der Waals surface area contributed by atoms with Crippen LogP contribution in [0.5, 0.6) is 0 Å². The Kier molecular flexibility index (Phi) is 7.80. The zero-order chi connectivity index (χ0) is 21.3. The molecule has 1 N–H and O–H groups in total. The molecule has 158 valence electrons. The van der Waals surface area contributed by atoms with E-state index in [0.29, 0.717) is 17.5 Å². The van der Waals surface area contributed by atoms with Gasteiger partial charge in [0.2, 0.25) is 0 Å². The van der Waals surface area contributed by atoms with E-state index in [0.717, 1.165) is 12.8 Å². The smallest absolute Gasteiger partial charge is 0.338 e. The summed E-state index contributed by atoms with van der Waals surface area (Å²) >= 11 is 0. The van der Waals surface area contributed by atoms with Crippen LogP contribution in [0.25, 0.3) is 0 Å². The normalized spacial score (nSPS) is 23.4. The van der Waals surface area contributed by atoms with Crippen LogP contribution in [0.2, 0.25) is 0 Å². The maximum atomic E-state index is 12.4. The van der Waals surface area contributed by atoms with E-state index >= 15 is 0 Å². The first-order valence-electron chi connectivity index (χ1n) is 10.3. The van der Waals surface area contributed by atoms with Crippen molar-refractivity contribution in [1.82, 2.24) is 0 Å². The van der Waals surface area contributed by atoms with Gasteiger partial charge in [-0.15, -0.1) is 6.58 Å². The number of ether oxygens (including phenoxy) is 2. The summed E-state index contributed by atoms with van der Waals surface area (Å²) in [4.78, 5) is 24.7. The molecule has 0 amide bonds. The highest BCUT2D eigenvalue weighted by Crippen LogP contribution is 2.37. The van der Waals surface area contributed by atoms with Gasteiger partial charge in [-0.3, -0.25) is 0 Å². The maximum absolute atomic E-state index is 12.4. The number of benzene rings is 2. The SMILES string of the molecule is C=CC[C@H]1CC[C@@H](COC(=O)c2ccccc2)[C@@H](COC(=O)c2ccccc2)[C@H]1O. The molecule has 0 saturated heterocycles. The Morgan fingerprint density at radius 3 is 1.90 bits per heavy atom. The summed E-state index contributed by atoms with van der Waals surface area (Å²) in [5.41, 5.74) is 0.961. The topological polar surface area (TPSA) is 72.8 Å². The minimum atomic E-state index is -0.652. The van der Waals surface area contributed by atoms with Gasteiger partial charge >= 0.3 is 11.9 Å². The van der Waals surface area contributed by atoms with Gasteiger partial charge in [-0.05, 0) is 49.4 Å². The fraction of sp³-hybridized carbons (Fsp3) is 0.360. The van der Waals surface area contributed by atoms with Crippen LogP contribution in [0.1, 0.15) is 40.0 Å². The minimum absolute atomic E-state index is 0.0593. The second-order valence-electron chi connectivity index (χ2n) is 7.71. The fourth-order valence-corrected chi connectivity index (χ4v) is 4.02. The minimum Gasteiger partial charge on any atom is -0.462 e. The molecule has 1 saturated carbocycles. The lowest BCUT2D eigenvalue weighted by Gasteiger charge is -2.39. The van der Waals surface area contributed by atoms with Crippen molar-refractivity contribution in [3.8, 4) is 0 Å². The summed E-state index contributed by atoms with van der Waals surface area (Å²) in [7, 11) is 0. The molecule has 1 aliphatic rings. The van der Waals surface area contributed by atoms with Gasteiger partial charge < -0.3 is 14.6 Å². The molecule has 1 aliphatic carbocycles. The van der Waals surface area contributed by atoms with Crippen LogP contribution in [0.15, 0.2) is 73.3 Å². The first kappa shape index (κ1) is 21.8. The van der Waals surface area contributed by atoms with Crippen molar-refractivity contribution < 1.29 is 24.2 Å². The van der Waals surface area contributed by atoms with Gasteiger partial charge in [0.25, 0.3) is 0 Å². The fourth-order valence-electron chi connectivity index (χ4n) is 4.02. The third kappa shape index (κ3) is 5.57. The van der Waals surface area contributed by atoms with Crippen LogP contribution in [0, 0.1) is 17.8 Å². The van der Waals surface area contributed by atoms with Crippen molar-refractivity contribution in [2.45, 2.75) is 25.4 Å². The third-order valence-corrected chi connectivity index (χ3v) is 5.76. The van der Waals surface area contributed by atoms with Gasteiger partial charge in [0.15, 0.2) is 0 Å². The molecule has 2 aromatic carbocycles. The molecule has 0 aliphatic heterocycles. The number of allylic oxidation sites excluding steroid dienone is 1. The summed E-state index contributed by atoms with van der Waals surface area (Å²) < 4.78 is 11.0. The van der Waals surface area contributed by atoms with Crippen molar-refractivity contribution in [2.75, 3.05) is 13.2 Å². The van der Waals surface area contributed by atoms with Gasteiger partial charge in [-0.2, -0.15) is 0 Å². The van der Waals surface area contributed by atoms with E-state index in [1.54, 1.807) is 54.6 Å². The van der Waals surface area contributed by atoms with Crippen LogP contribution in [0.4, 0.5) is 0 Å². The van der Waals surface area contributed by atoms with E-state index in [4.69, 9.17) is 9.47 Å². The van der Waals surface area contributed by atoms with Crippen LogP contribution < -0.4 is 0 Å². The lowest BCUT2D eigenvalue weighted by molar-refractivity contribution is -0.0604. The summed E-state index contributed by atoms with van der Waals surface area (Å²) in [6.07, 6.45) is 3.44. The molecule has 0 aromatic heterocycles. The standard InChI is InChI=1S/C25H28O5/c1-2-9-18-14-15-21(16-29-24(27)19-10-5-3-6-11-19)22(23(18)26)17-30-25(28)20-12-7-4-8-13-20/h2-8,10-13,18,21-23,26H,1,9,14-17H2/t18-,21-,22+,23-/m0/s1. The Morgan fingerprint density at radius 1 is 0.867 bits per heavy atom. The quantitative estimate of drug-likeness (QED) is 0.521. The molecular formula is C25H28O5. The number of rotatable bonds is 8. The molecule has 4 atom stereocenters. The van der Waals surface area contributed by atoms with Crippen molar-refractivity contribution >= 4 is 11.9 Å². The number of aliphatic hydroxyl groups is 1. The van der Waals surface area contributed by atoms with Crippen molar-refractivity contribution in [1.29, 1.82) is 0 Å². The third-order valence-electron chi connectivity index (χ3n) is 5.76. The number of hydrogen-bond donors (Lipinski definition) is 1. The lowest BCUT2D eigenvalue weighted by Crippen LogP contribution is -2.43. The number of esters is 2. The van der Waals surface area contributed by atoms with Gasteiger partial charge in [0, 0.05) is 11.8 Å². The zero-order valence-corrected chi connectivity index (χ0v) is 17.0. The summed E-state index contributed by atoms with van der Waals surface area (Å²) in [5.74, 6) is -1.15. The summed E-state index contributed by atoms with van der Waals surface area (Å²) in [6.45, 7) is 4.03. The van der Waals surface area contributed by atoms with E-state index in [9.17, 15) is 14.7 Å². The Morgan fingerprint density at radius 2 is 1.37 bits per heavy atom. The summed E-state index contributed by atoms with van der Waals surface area (Å²) in [5, 5.41) is 10.9. The highest BCUT2D eigenvalue weighted by Gasteiger charge is 2.39. The van der Waals surface area contributed by atoms with E-state index in [1.807, 2.05) is 12.1 Å². The van der Waals surface area contributed by atoms with Crippen LogP contribution in [-0.2, 0) is 9.47 Å². The first-order chi connectivity index (χ1) is 14.6. The molecule has 5 nitrogen and oxygen atoms in total. The highest BCUT2D eigenvalue weighted by molar-refractivity contribution is 5.89. The molecule has 30 heavy (non-hydrogen) atoms. The molecule has 0 heterocycles. The highest BCUT2D eigenvalue weighted by atomic mass is 16.5. The number of carbonyl (C=O) groups is 2. The average Bonchev–Trinajstić information content (AvgIpc) is 2.79. The average molecular weight is 408 g/mol. The van der Waals surface area contributed by atoms with Crippen LogP contribution >= 0.6 is 0 Å². The second kappa shape index (κ2) is 10.7. The molecule has 3 rings (SSSR count). The van der Waals surface area contributed by atoms with E-state index in [-0.39, 0.29) is 31.0 Å². The molecule has 0 spiro atoms. The van der Waals surface area contributed by atoms with Crippen LogP contribution in [0.3, 0.4) is 0 Å². The molecule has 2 aromatic rings. The molecule has 0 unspecified atom stereocenters. The molecule has 0 radical (unpaired) electrons. The predicted molar refractivity (Wildman–Crippen MR) is 114 cm³/mol. The number of hydrogen-bond acceptors (Lipinski definition) is 5. The van der Waals surface area contributed by atoms with Crippen molar-refractivity contribution in [3.63, 3.8) is 0 Å². The number of aliphatic hydroxyl groups excluding tert-OH is 1. The van der Waals surface area contributed by atoms with Gasteiger partial charge in [0.05, 0.1) is 30.4 Å². The molecular weight excluding hydrogens is 380 g/mol. The maximum Gasteiger partial charge on any atom is 0.338 e. The van der Waals surface area contributed by atoms with Gasteiger partial charge in [0.1, 0.15) is 0 Å². The van der Waals surface area contributed by atoms with Crippen molar-refractivity contribution in [2.24, 2.45) is 17.8 Å². The second-order valence-corrected chi connectivity index (χ2v) is 7.71. The molecule has 0 bridgehead atoms. The van der Waals surface area contributed by atoms with E-state index in [2.05, 4.69) is 6.58 Å². The summed E-state index contributed by atoms with van der Waals surface area (Å²) in [6, 6.07) is 17.6. The molecule has 5 heteroatoms. The Hall–Kier alpha value is -2.92. The van der Waals surface area contributed by atoms with Gasteiger partial charge in [-0.25, -0.2) is 9.59 Å². The van der Waals surface area contributed by atoms with Gasteiger partial charge in [-0.1, -0.05) is 42.5 Å². The van der Waals surface area contributed by atoms with Crippen molar-refractivity contribution in [3.05, 3.63) is 84.4 Å². The molecule has 1 fully saturated rings. The Labute approximate surface area is 177 Å². The predicted octanol–water partition coefficient (Wildman–Crippen LogP) is 4.28. The zero-order valence-electron chi connectivity index (χ0n) is 17.0. The van der Waals surface area contributed by atoms with E-state index < -0.39 is 18.0 Å². The van der Waals surface area contributed by atoms with Crippen LogP contribution in [-0.4, -0.2) is 36.4 Å². The Bertz CT molecular complexity index is 833. The number of carbonyl (C=O) groups excluding carboxylic acids is 2. The lowest BCUT2D eigenvalue weighted by atomic mass is 9.71. The largest absolute Gasteiger partial charge is 0.462 e. The van der Waals surface area contributed by atoms with E-state index in [1.165, 1.54) is 0 Å². The first-order valence-corrected chi connectivity index (χ1v) is 10.3. The Balaban J connectivity index is 1.64. The monoisotopic (exact) mass is 408 g/mol.